The molecule has 0 saturated carbocycles. The molecule has 2 atom stereocenters. The van der Waals surface area contributed by atoms with E-state index in [-0.39, 0.29) is 18.1 Å². The third-order valence-corrected chi connectivity index (χ3v) is 5.36. The number of morpholine rings is 1. The maximum absolute atomic E-state index is 12.5. The number of carbonyl (C=O) groups is 1. The van der Waals surface area contributed by atoms with E-state index in [2.05, 4.69) is 29.0 Å². The normalized spacial score (nSPS) is 20.9. The van der Waals surface area contributed by atoms with Gasteiger partial charge >= 0.3 is 0 Å². The van der Waals surface area contributed by atoms with Gasteiger partial charge in [-0.05, 0) is 39.0 Å². The van der Waals surface area contributed by atoms with Crippen LogP contribution in [0.5, 0.6) is 0 Å². The second kappa shape index (κ2) is 7.42. The fourth-order valence-corrected chi connectivity index (χ4v) is 4.21. The summed E-state index contributed by atoms with van der Waals surface area (Å²) in [6.45, 7) is 8.73. The van der Waals surface area contributed by atoms with Gasteiger partial charge < -0.3 is 9.15 Å². The summed E-state index contributed by atoms with van der Waals surface area (Å²) >= 11 is 1.43. The van der Waals surface area contributed by atoms with Crippen molar-refractivity contribution in [2.75, 3.05) is 18.4 Å². The van der Waals surface area contributed by atoms with Crippen molar-refractivity contribution in [1.82, 2.24) is 9.88 Å². The van der Waals surface area contributed by atoms with Crippen molar-refractivity contribution in [3.63, 3.8) is 0 Å². The first kappa shape index (κ1) is 18.2. The number of hydrogen-bond acceptors (Lipinski definition) is 6. The molecule has 1 aliphatic rings. The second-order valence-electron chi connectivity index (χ2n) is 7.20. The van der Waals surface area contributed by atoms with Crippen LogP contribution in [0.3, 0.4) is 0 Å². The number of nitrogens with one attached hydrogen (secondary N) is 1. The smallest absolute Gasteiger partial charge is 0.293 e. The number of anilines is 1. The Morgan fingerprint density at radius 2 is 2.07 bits per heavy atom. The molecule has 1 fully saturated rings. The van der Waals surface area contributed by atoms with Gasteiger partial charge in [-0.15, -0.1) is 11.3 Å². The van der Waals surface area contributed by atoms with Gasteiger partial charge in [0, 0.05) is 30.4 Å². The summed E-state index contributed by atoms with van der Waals surface area (Å²) in [4.78, 5) is 19.4. The van der Waals surface area contributed by atoms with Crippen LogP contribution in [-0.2, 0) is 11.3 Å². The number of ether oxygens (including phenoxy) is 1. The number of nitrogens with zero attached hydrogens (tertiary/aromatic N) is 2. The Bertz CT molecular complexity index is 954. The molecule has 1 aromatic carbocycles. The predicted octanol–water partition coefficient (Wildman–Crippen LogP) is 4.06. The molecule has 3 heterocycles. The van der Waals surface area contributed by atoms with Gasteiger partial charge in [-0.1, -0.05) is 11.6 Å². The van der Waals surface area contributed by atoms with E-state index in [0.29, 0.717) is 16.5 Å². The number of aromatic nitrogens is 1. The summed E-state index contributed by atoms with van der Waals surface area (Å²) in [5.74, 6) is 0.0153. The first-order valence-electron chi connectivity index (χ1n) is 9.10. The van der Waals surface area contributed by atoms with E-state index in [1.165, 1.54) is 11.3 Å². The molecule has 1 N–H and O–H groups in total. The molecule has 3 aromatic rings. The molecular weight excluding hydrogens is 362 g/mol. The zero-order valence-electron chi connectivity index (χ0n) is 15.7. The van der Waals surface area contributed by atoms with Gasteiger partial charge in [0.05, 0.1) is 17.9 Å². The summed E-state index contributed by atoms with van der Waals surface area (Å²) in [7, 11) is 0. The SMILES string of the molecule is Cc1ccc2oc(C(=O)Nc3nc(CN4CC(C)OC(C)C4)cs3)cc2c1. The number of benzene rings is 1. The molecule has 1 saturated heterocycles. The molecule has 0 radical (unpaired) electrons. The van der Waals surface area contributed by atoms with E-state index in [1.807, 2.05) is 30.5 Å². The number of rotatable bonds is 4. The van der Waals surface area contributed by atoms with E-state index in [0.717, 1.165) is 36.3 Å². The molecule has 142 valence electrons. The Labute approximate surface area is 162 Å². The molecular formula is C20H23N3O3S. The molecule has 2 unspecified atom stereocenters. The first-order chi connectivity index (χ1) is 13.0. The standard InChI is InChI=1S/C20H23N3O3S/c1-12-4-5-17-15(6-12)7-18(26-17)19(24)22-20-21-16(11-27-20)10-23-8-13(2)25-14(3)9-23/h4-7,11,13-14H,8-10H2,1-3H3,(H,21,22,24). The maximum atomic E-state index is 12.5. The lowest BCUT2D eigenvalue weighted by Crippen LogP contribution is -2.44. The Kier molecular flexibility index (Phi) is 4.99. The molecule has 0 aliphatic carbocycles. The molecule has 6 nitrogen and oxygen atoms in total. The highest BCUT2D eigenvalue weighted by Gasteiger charge is 2.23. The zero-order chi connectivity index (χ0) is 19.0. The van der Waals surface area contributed by atoms with E-state index in [4.69, 9.17) is 9.15 Å². The van der Waals surface area contributed by atoms with Crippen LogP contribution in [0.4, 0.5) is 5.13 Å². The fourth-order valence-electron chi connectivity index (χ4n) is 3.51. The van der Waals surface area contributed by atoms with Crippen LogP contribution in [0.2, 0.25) is 0 Å². The molecule has 0 spiro atoms. The molecule has 4 rings (SSSR count). The summed E-state index contributed by atoms with van der Waals surface area (Å²) in [5.41, 5.74) is 2.80. The van der Waals surface area contributed by atoms with E-state index < -0.39 is 0 Å². The molecule has 2 aromatic heterocycles. The summed E-state index contributed by atoms with van der Waals surface area (Å²) < 4.78 is 11.4. The van der Waals surface area contributed by atoms with Crippen molar-refractivity contribution in [3.8, 4) is 0 Å². The fraction of sp³-hybridized carbons (Fsp3) is 0.400. The second-order valence-corrected chi connectivity index (χ2v) is 8.06. The van der Waals surface area contributed by atoms with E-state index >= 15 is 0 Å². The van der Waals surface area contributed by atoms with Crippen LogP contribution in [0.25, 0.3) is 11.0 Å². The van der Waals surface area contributed by atoms with Crippen LogP contribution >= 0.6 is 11.3 Å². The highest BCUT2D eigenvalue weighted by atomic mass is 32.1. The summed E-state index contributed by atoms with van der Waals surface area (Å²) in [5, 5.41) is 6.34. The summed E-state index contributed by atoms with van der Waals surface area (Å²) in [6.07, 6.45) is 0.451. The monoisotopic (exact) mass is 385 g/mol. The Hall–Kier alpha value is -2.22. The number of thiazole rings is 1. The van der Waals surface area contributed by atoms with Gasteiger partial charge in [0.1, 0.15) is 5.58 Å². The largest absolute Gasteiger partial charge is 0.451 e. The summed E-state index contributed by atoms with van der Waals surface area (Å²) in [6, 6.07) is 7.62. The van der Waals surface area contributed by atoms with Crippen LogP contribution in [0.15, 0.2) is 34.1 Å². The number of fused-ring (bicyclic) bond motifs is 1. The minimum Gasteiger partial charge on any atom is -0.451 e. The molecule has 27 heavy (non-hydrogen) atoms. The minimum absolute atomic E-state index is 0.225. The van der Waals surface area contributed by atoms with Gasteiger partial charge in [0.25, 0.3) is 5.91 Å². The van der Waals surface area contributed by atoms with Crippen molar-refractivity contribution < 1.29 is 13.9 Å². The third kappa shape index (κ3) is 4.21. The van der Waals surface area contributed by atoms with Crippen molar-refractivity contribution in [2.24, 2.45) is 0 Å². The number of furan rings is 1. The number of amides is 1. The van der Waals surface area contributed by atoms with Crippen LogP contribution in [0.1, 0.15) is 35.7 Å². The lowest BCUT2D eigenvalue weighted by molar-refractivity contribution is -0.0707. The lowest BCUT2D eigenvalue weighted by Gasteiger charge is -2.34. The van der Waals surface area contributed by atoms with Crippen molar-refractivity contribution in [3.05, 3.63) is 46.7 Å². The zero-order valence-corrected chi connectivity index (χ0v) is 16.5. The van der Waals surface area contributed by atoms with Gasteiger partial charge in [0.2, 0.25) is 0 Å². The molecule has 1 amide bonds. The Morgan fingerprint density at radius 3 is 2.85 bits per heavy atom. The predicted molar refractivity (Wildman–Crippen MR) is 106 cm³/mol. The third-order valence-electron chi connectivity index (χ3n) is 4.55. The van der Waals surface area contributed by atoms with Gasteiger partial charge in [-0.3, -0.25) is 15.0 Å². The first-order valence-corrected chi connectivity index (χ1v) is 9.98. The van der Waals surface area contributed by atoms with Gasteiger partial charge in [0.15, 0.2) is 10.9 Å². The average molecular weight is 385 g/mol. The van der Waals surface area contributed by atoms with Crippen molar-refractivity contribution in [2.45, 2.75) is 39.5 Å². The van der Waals surface area contributed by atoms with E-state index in [9.17, 15) is 4.79 Å². The molecule has 7 heteroatoms. The topological polar surface area (TPSA) is 67.6 Å². The Balaban J connectivity index is 1.41. The van der Waals surface area contributed by atoms with Gasteiger partial charge in [-0.2, -0.15) is 0 Å². The van der Waals surface area contributed by atoms with Crippen LogP contribution in [-0.4, -0.2) is 41.1 Å². The average Bonchev–Trinajstić information content (AvgIpc) is 3.20. The number of hydrogen-bond donors (Lipinski definition) is 1. The molecule has 0 bridgehead atoms. The highest BCUT2D eigenvalue weighted by Crippen LogP contribution is 2.23. The minimum atomic E-state index is -0.279. The number of carbonyl (C=O) groups excluding carboxylic acids is 1. The van der Waals surface area contributed by atoms with Gasteiger partial charge in [-0.25, -0.2) is 4.98 Å². The maximum Gasteiger partial charge on any atom is 0.293 e. The quantitative estimate of drug-likeness (QED) is 0.734. The van der Waals surface area contributed by atoms with Crippen LogP contribution in [0, 0.1) is 6.92 Å². The molecule has 1 aliphatic heterocycles. The lowest BCUT2D eigenvalue weighted by atomic mass is 10.2. The van der Waals surface area contributed by atoms with Crippen molar-refractivity contribution >= 4 is 33.3 Å². The Morgan fingerprint density at radius 1 is 1.30 bits per heavy atom. The van der Waals surface area contributed by atoms with Crippen LogP contribution < -0.4 is 5.32 Å². The van der Waals surface area contributed by atoms with E-state index in [1.54, 1.807) is 6.07 Å². The van der Waals surface area contributed by atoms with Crippen molar-refractivity contribution in [1.29, 1.82) is 0 Å². The number of aryl methyl sites for hydroxylation is 1. The highest BCUT2D eigenvalue weighted by molar-refractivity contribution is 7.13.